The average molecular weight is 707 g/mol. The lowest BCUT2D eigenvalue weighted by atomic mass is 9.81. The van der Waals surface area contributed by atoms with Gasteiger partial charge in [0.2, 0.25) is 0 Å². The van der Waals surface area contributed by atoms with Crippen LogP contribution in [0.25, 0.3) is 97.9 Å². The summed E-state index contributed by atoms with van der Waals surface area (Å²) < 4.78 is 2.65. The maximum Gasteiger partial charge on any atom is 0.0972 e. The van der Waals surface area contributed by atoms with Crippen molar-refractivity contribution in [2.75, 3.05) is 0 Å². The molecule has 3 heterocycles. The summed E-state index contributed by atoms with van der Waals surface area (Å²) in [5.41, 5.74) is 16.2. The first-order valence-corrected chi connectivity index (χ1v) is 19.4. The van der Waals surface area contributed by atoms with E-state index in [-0.39, 0.29) is 5.41 Å². The summed E-state index contributed by atoms with van der Waals surface area (Å²) >= 11 is 1.85. The van der Waals surface area contributed by atoms with Gasteiger partial charge in [-0.1, -0.05) is 147 Å². The van der Waals surface area contributed by atoms with Crippen molar-refractivity contribution in [3.63, 3.8) is 0 Å². The predicted molar refractivity (Wildman–Crippen MR) is 229 cm³/mol. The van der Waals surface area contributed by atoms with Crippen LogP contribution in [0.2, 0.25) is 0 Å². The Morgan fingerprint density at radius 1 is 0.389 bits per heavy atom. The zero-order chi connectivity index (χ0) is 36.0. The summed E-state index contributed by atoms with van der Waals surface area (Å²) in [4.78, 5) is 10.5. The molecule has 1 aliphatic carbocycles. The van der Waals surface area contributed by atoms with Gasteiger partial charge >= 0.3 is 0 Å². The van der Waals surface area contributed by atoms with Crippen LogP contribution in [0.1, 0.15) is 25.0 Å². The highest BCUT2D eigenvalue weighted by Gasteiger charge is 2.35. The van der Waals surface area contributed by atoms with Crippen LogP contribution in [-0.4, -0.2) is 9.97 Å². The molecular formula is C51H34N2S. The minimum absolute atomic E-state index is 0.0212. The molecule has 0 N–H and O–H groups in total. The van der Waals surface area contributed by atoms with Gasteiger partial charge < -0.3 is 0 Å². The highest BCUT2D eigenvalue weighted by molar-refractivity contribution is 7.25. The van der Waals surface area contributed by atoms with Crippen LogP contribution >= 0.6 is 11.3 Å². The Morgan fingerprint density at radius 2 is 0.889 bits per heavy atom. The van der Waals surface area contributed by atoms with E-state index in [0.717, 1.165) is 44.3 Å². The molecule has 0 saturated carbocycles. The van der Waals surface area contributed by atoms with Gasteiger partial charge in [0.1, 0.15) is 0 Å². The van der Waals surface area contributed by atoms with Crippen molar-refractivity contribution in [1.82, 2.24) is 9.97 Å². The van der Waals surface area contributed by atoms with E-state index in [4.69, 9.17) is 9.97 Å². The summed E-state index contributed by atoms with van der Waals surface area (Å²) in [5, 5.41) is 4.81. The maximum absolute atomic E-state index is 5.23. The molecule has 11 rings (SSSR count). The van der Waals surface area contributed by atoms with Crippen LogP contribution in [0, 0.1) is 0 Å². The highest BCUT2D eigenvalue weighted by atomic mass is 32.1. The number of hydrogen-bond acceptors (Lipinski definition) is 3. The van der Waals surface area contributed by atoms with Crippen LogP contribution in [0.15, 0.2) is 170 Å². The van der Waals surface area contributed by atoms with E-state index in [1.807, 2.05) is 11.3 Å². The molecule has 0 radical (unpaired) electrons. The number of thiophene rings is 1. The van der Waals surface area contributed by atoms with Gasteiger partial charge in [0.25, 0.3) is 0 Å². The molecule has 2 nitrogen and oxygen atoms in total. The van der Waals surface area contributed by atoms with E-state index in [0.29, 0.717) is 0 Å². The first-order chi connectivity index (χ1) is 26.5. The fourth-order valence-electron chi connectivity index (χ4n) is 8.55. The summed E-state index contributed by atoms with van der Waals surface area (Å²) in [7, 11) is 0. The molecule has 254 valence electrons. The van der Waals surface area contributed by atoms with Crippen LogP contribution in [0.5, 0.6) is 0 Å². The van der Waals surface area contributed by atoms with Gasteiger partial charge in [0, 0.05) is 47.5 Å². The molecule has 54 heavy (non-hydrogen) atoms. The molecule has 10 aromatic rings. The van der Waals surface area contributed by atoms with Crippen molar-refractivity contribution in [2.24, 2.45) is 0 Å². The molecule has 0 fully saturated rings. The molecule has 0 atom stereocenters. The molecule has 0 spiro atoms. The van der Waals surface area contributed by atoms with Gasteiger partial charge in [-0.05, 0) is 80.9 Å². The lowest BCUT2D eigenvalue weighted by molar-refractivity contribution is 0.660. The molecule has 3 heteroatoms. The Bertz CT molecular complexity index is 3110. The first kappa shape index (κ1) is 31.1. The van der Waals surface area contributed by atoms with Crippen LogP contribution in [0.3, 0.4) is 0 Å². The SMILES string of the molecule is CC1(C)c2ccccc2-c2ccc(-c3ccc(-c4ccc5ccc6ccc(-c7ccc(-c8ccc9sc%10ccccc%10c9c8)cc7)nc6c5n4)cc3)cc21. The Kier molecular flexibility index (Phi) is 6.80. The van der Waals surface area contributed by atoms with Crippen molar-refractivity contribution in [2.45, 2.75) is 19.3 Å². The maximum atomic E-state index is 5.23. The van der Waals surface area contributed by atoms with Gasteiger partial charge in [-0.3, -0.25) is 0 Å². The third kappa shape index (κ3) is 4.86. The van der Waals surface area contributed by atoms with Gasteiger partial charge in [0.05, 0.1) is 22.4 Å². The van der Waals surface area contributed by atoms with E-state index in [2.05, 4.69) is 184 Å². The lowest BCUT2D eigenvalue weighted by Gasteiger charge is -2.22. The van der Waals surface area contributed by atoms with Gasteiger partial charge in [-0.2, -0.15) is 0 Å². The molecule has 0 aliphatic heterocycles. The number of pyridine rings is 2. The Hall–Kier alpha value is -6.42. The van der Waals surface area contributed by atoms with E-state index in [1.54, 1.807) is 0 Å². The number of aromatic nitrogens is 2. The third-order valence-corrected chi connectivity index (χ3v) is 12.7. The number of benzene rings is 7. The number of hydrogen-bond donors (Lipinski definition) is 0. The second kappa shape index (κ2) is 11.8. The van der Waals surface area contributed by atoms with E-state index >= 15 is 0 Å². The normalized spacial score (nSPS) is 13.1. The molecular weight excluding hydrogens is 673 g/mol. The number of nitrogens with zero attached hydrogens (tertiary/aromatic N) is 2. The molecule has 0 amide bonds. The topological polar surface area (TPSA) is 25.8 Å². The first-order valence-electron chi connectivity index (χ1n) is 18.6. The molecule has 1 aliphatic rings. The Balaban J connectivity index is 0.908. The van der Waals surface area contributed by atoms with Crippen molar-refractivity contribution >= 4 is 53.3 Å². The molecule has 0 saturated heterocycles. The number of rotatable bonds is 4. The predicted octanol–water partition coefficient (Wildman–Crippen LogP) is 14.1. The van der Waals surface area contributed by atoms with Gasteiger partial charge in [-0.15, -0.1) is 11.3 Å². The summed E-state index contributed by atoms with van der Waals surface area (Å²) in [6, 6.07) is 61.7. The highest BCUT2D eigenvalue weighted by Crippen LogP contribution is 2.49. The minimum Gasteiger partial charge on any atom is -0.245 e. The number of fused-ring (bicyclic) bond motifs is 9. The van der Waals surface area contributed by atoms with Crippen LogP contribution in [0.4, 0.5) is 0 Å². The zero-order valence-corrected chi connectivity index (χ0v) is 30.8. The van der Waals surface area contributed by atoms with Crippen molar-refractivity contribution in [3.05, 3.63) is 181 Å². The van der Waals surface area contributed by atoms with E-state index in [9.17, 15) is 0 Å². The van der Waals surface area contributed by atoms with E-state index in [1.165, 1.54) is 64.7 Å². The zero-order valence-electron chi connectivity index (χ0n) is 30.0. The Labute approximate surface area is 318 Å². The fraction of sp³-hybridized carbons (Fsp3) is 0.0588. The second-order valence-corrected chi connectivity index (χ2v) is 16.1. The van der Waals surface area contributed by atoms with Crippen LogP contribution in [-0.2, 0) is 5.41 Å². The lowest BCUT2D eigenvalue weighted by Crippen LogP contribution is -2.14. The second-order valence-electron chi connectivity index (χ2n) is 15.0. The quantitative estimate of drug-likeness (QED) is 0.170. The summed E-state index contributed by atoms with van der Waals surface area (Å²) in [6.07, 6.45) is 0. The molecule has 0 unspecified atom stereocenters. The average Bonchev–Trinajstić information content (AvgIpc) is 3.71. The van der Waals surface area contributed by atoms with Gasteiger partial charge in [-0.25, -0.2) is 9.97 Å². The summed E-state index contributed by atoms with van der Waals surface area (Å²) in [5.74, 6) is 0. The van der Waals surface area contributed by atoms with Crippen molar-refractivity contribution < 1.29 is 0 Å². The molecule has 3 aromatic heterocycles. The third-order valence-electron chi connectivity index (χ3n) is 11.5. The van der Waals surface area contributed by atoms with Gasteiger partial charge in [0.15, 0.2) is 0 Å². The Morgan fingerprint density at radius 3 is 1.57 bits per heavy atom. The van der Waals surface area contributed by atoms with Crippen molar-refractivity contribution in [3.8, 4) is 55.9 Å². The monoisotopic (exact) mass is 706 g/mol. The van der Waals surface area contributed by atoms with Crippen LogP contribution < -0.4 is 0 Å². The minimum atomic E-state index is -0.0212. The largest absolute Gasteiger partial charge is 0.245 e. The summed E-state index contributed by atoms with van der Waals surface area (Å²) in [6.45, 7) is 4.67. The molecule has 7 aromatic carbocycles. The smallest absolute Gasteiger partial charge is 0.0972 e. The van der Waals surface area contributed by atoms with E-state index < -0.39 is 0 Å². The molecule has 0 bridgehead atoms. The van der Waals surface area contributed by atoms with Crippen molar-refractivity contribution in [1.29, 1.82) is 0 Å². The standard InChI is InChI=1S/C51H34N2S/c1-51(2)43-9-5-3-7-39(43)40-25-21-38(30-44(40)51)32-13-17-34(18-14-32)46-27-23-36-20-19-35-22-26-45(52-49(35)50(36)53-46)33-15-11-31(12-16-33)37-24-28-48-42(29-37)41-8-4-6-10-47(41)54-48/h3-30H,1-2H3. The fourth-order valence-corrected chi connectivity index (χ4v) is 9.63.